The van der Waals surface area contributed by atoms with Gasteiger partial charge in [0, 0.05) is 15.6 Å². The van der Waals surface area contributed by atoms with E-state index >= 15 is 0 Å². The van der Waals surface area contributed by atoms with Crippen LogP contribution in [-0.2, 0) is 12.0 Å². The number of Topliss-reactive ketones (excluding diaryl/α,β-unsaturated/α-hetero) is 1. The number of carbonyl (C=O) groups excluding carboxylic acids is 1. The molecular weight excluding hydrogens is 380 g/mol. The Hall–Kier alpha value is -2.34. The second-order valence-corrected chi connectivity index (χ2v) is 7.82. The van der Waals surface area contributed by atoms with Crippen molar-refractivity contribution in [3.05, 3.63) is 64.1 Å². The highest BCUT2D eigenvalue weighted by Crippen LogP contribution is 2.22. The summed E-state index contributed by atoms with van der Waals surface area (Å²) in [5, 5.41) is 12.3. The maximum Gasteiger partial charge on any atom is 0.204 e. The Morgan fingerprint density at radius 2 is 1.68 bits per heavy atom. The first kappa shape index (κ1) is 17.5. The molecular formula is C19H19BrN4O. The van der Waals surface area contributed by atoms with Gasteiger partial charge in [0.2, 0.25) is 5.82 Å². The SMILES string of the molecule is CC(C)(C)c1ccc(C(=O)Cn2nnc(-c3ccc(Br)cc3)n2)cc1. The van der Waals surface area contributed by atoms with Crippen molar-refractivity contribution in [1.29, 1.82) is 0 Å². The number of benzene rings is 2. The summed E-state index contributed by atoms with van der Waals surface area (Å²) in [6.07, 6.45) is 0. The quantitative estimate of drug-likeness (QED) is 0.615. The van der Waals surface area contributed by atoms with Crippen molar-refractivity contribution in [3.8, 4) is 11.4 Å². The minimum Gasteiger partial charge on any atom is -0.292 e. The molecule has 0 aliphatic heterocycles. The zero-order valence-corrected chi connectivity index (χ0v) is 16.0. The molecule has 1 aromatic heterocycles. The predicted octanol–water partition coefficient (Wildman–Crippen LogP) is 4.28. The summed E-state index contributed by atoms with van der Waals surface area (Å²) in [6, 6.07) is 15.3. The van der Waals surface area contributed by atoms with Crippen molar-refractivity contribution in [2.24, 2.45) is 0 Å². The summed E-state index contributed by atoms with van der Waals surface area (Å²) in [4.78, 5) is 13.8. The summed E-state index contributed by atoms with van der Waals surface area (Å²) in [5.74, 6) is 0.462. The Labute approximate surface area is 155 Å². The van der Waals surface area contributed by atoms with E-state index in [1.165, 1.54) is 10.4 Å². The summed E-state index contributed by atoms with van der Waals surface area (Å²) < 4.78 is 0.984. The molecule has 0 amide bonds. The van der Waals surface area contributed by atoms with Gasteiger partial charge in [0.1, 0.15) is 6.54 Å². The van der Waals surface area contributed by atoms with Gasteiger partial charge in [-0.05, 0) is 40.5 Å². The van der Waals surface area contributed by atoms with E-state index in [1.807, 2.05) is 48.5 Å². The molecule has 128 valence electrons. The fourth-order valence-corrected chi connectivity index (χ4v) is 2.66. The van der Waals surface area contributed by atoms with Crippen LogP contribution in [0.2, 0.25) is 0 Å². The van der Waals surface area contributed by atoms with Crippen molar-refractivity contribution in [1.82, 2.24) is 20.2 Å². The normalized spacial score (nSPS) is 11.5. The molecule has 0 unspecified atom stereocenters. The smallest absolute Gasteiger partial charge is 0.204 e. The number of rotatable bonds is 4. The predicted molar refractivity (Wildman–Crippen MR) is 100 cm³/mol. The fraction of sp³-hybridized carbons (Fsp3) is 0.263. The number of halogens is 1. The molecule has 0 saturated heterocycles. The third-order valence-corrected chi connectivity index (χ3v) is 4.44. The Morgan fingerprint density at radius 1 is 1.04 bits per heavy atom. The molecule has 0 fully saturated rings. The minimum atomic E-state index is -0.0415. The molecule has 0 aliphatic rings. The van der Waals surface area contributed by atoms with Crippen molar-refractivity contribution < 1.29 is 4.79 Å². The second kappa shape index (κ2) is 6.88. The lowest BCUT2D eigenvalue weighted by Crippen LogP contribution is -2.14. The van der Waals surface area contributed by atoms with E-state index in [0.717, 1.165) is 10.0 Å². The number of ketones is 1. The molecule has 0 aliphatic carbocycles. The molecule has 3 aromatic rings. The Balaban J connectivity index is 1.72. The molecule has 0 bridgehead atoms. The van der Waals surface area contributed by atoms with Crippen molar-refractivity contribution in [3.63, 3.8) is 0 Å². The van der Waals surface area contributed by atoms with Gasteiger partial charge in [0.25, 0.3) is 0 Å². The molecule has 0 spiro atoms. The van der Waals surface area contributed by atoms with Gasteiger partial charge in [0.05, 0.1) is 0 Å². The summed E-state index contributed by atoms with van der Waals surface area (Å²) in [5.41, 5.74) is 2.77. The molecule has 0 atom stereocenters. The lowest BCUT2D eigenvalue weighted by molar-refractivity contribution is 0.0961. The number of tetrazole rings is 1. The first-order valence-corrected chi connectivity index (χ1v) is 8.80. The number of aromatic nitrogens is 4. The molecule has 6 heteroatoms. The number of hydrogen-bond acceptors (Lipinski definition) is 4. The van der Waals surface area contributed by atoms with Crippen molar-refractivity contribution in [2.45, 2.75) is 32.7 Å². The van der Waals surface area contributed by atoms with Crippen LogP contribution in [-0.4, -0.2) is 26.0 Å². The van der Waals surface area contributed by atoms with Gasteiger partial charge in [-0.3, -0.25) is 4.79 Å². The molecule has 25 heavy (non-hydrogen) atoms. The third-order valence-electron chi connectivity index (χ3n) is 3.91. The highest BCUT2D eigenvalue weighted by molar-refractivity contribution is 9.10. The van der Waals surface area contributed by atoms with E-state index in [1.54, 1.807) is 0 Å². The first-order valence-electron chi connectivity index (χ1n) is 8.00. The van der Waals surface area contributed by atoms with Gasteiger partial charge in [-0.1, -0.05) is 61.0 Å². The van der Waals surface area contributed by atoms with Crippen LogP contribution < -0.4 is 0 Å². The Morgan fingerprint density at radius 3 is 2.28 bits per heavy atom. The first-order chi connectivity index (χ1) is 11.8. The van der Waals surface area contributed by atoms with Crippen molar-refractivity contribution >= 4 is 21.7 Å². The van der Waals surface area contributed by atoms with Crippen molar-refractivity contribution in [2.75, 3.05) is 0 Å². The average molecular weight is 399 g/mol. The van der Waals surface area contributed by atoms with Crippen LogP contribution in [0.15, 0.2) is 53.0 Å². The molecule has 0 N–H and O–H groups in total. The van der Waals surface area contributed by atoms with E-state index in [4.69, 9.17) is 0 Å². The highest BCUT2D eigenvalue weighted by Gasteiger charge is 2.15. The molecule has 3 rings (SSSR count). The van der Waals surface area contributed by atoms with E-state index in [2.05, 4.69) is 52.1 Å². The molecule has 0 saturated carbocycles. The van der Waals surface area contributed by atoms with E-state index < -0.39 is 0 Å². The van der Waals surface area contributed by atoms with Crippen LogP contribution in [0.3, 0.4) is 0 Å². The van der Waals surface area contributed by atoms with Gasteiger partial charge in [-0.25, -0.2) is 0 Å². The number of carbonyl (C=O) groups is 1. The fourth-order valence-electron chi connectivity index (χ4n) is 2.40. The standard InChI is InChI=1S/C19H19BrN4O/c1-19(2,3)15-8-4-13(5-9-15)17(25)12-24-22-18(21-23-24)14-6-10-16(20)11-7-14/h4-11H,12H2,1-3H3. The van der Waals surface area contributed by atoms with E-state index in [-0.39, 0.29) is 17.7 Å². The minimum absolute atomic E-state index is 0.0415. The lowest BCUT2D eigenvalue weighted by Gasteiger charge is -2.18. The van der Waals surface area contributed by atoms with Gasteiger partial charge in [0.15, 0.2) is 5.78 Å². The number of hydrogen-bond donors (Lipinski definition) is 0. The van der Waals surface area contributed by atoms with Crippen LogP contribution in [0.4, 0.5) is 0 Å². The Kier molecular flexibility index (Phi) is 4.81. The molecule has 0 radical (unpaired) electrons. The summed E-state index contributed by atoms with van der Waals surface area (Å²) >= 11 is 3.39. The summed E-state index contributed by atoms with van der Waals surface area (Å²) in [7, 11) is 0. The van der Waals surface area contributed by atoms with Gasteiger partial charge in [-0.15, -0.1) is 10.2 Å². The number of nitrogens with zero attached hydrogens (tertiary/aromatic N) is 4. The largest absolute Gasteiger partial charge is 0.292 e. The van der Waals surface area contributed by atoms with Gasteiger partial charge in [-0.2, -0.15) is 4.80 Å². The molecule has 1 heterocycles. The maximum atomic E-state index is 12.4. The van der Waals surface area contributed by atoms with Gasteiger partial charge >= 0.3 is 0 Å². The maximum absolute atomic E-state index is 12.4. The van der Waals surface area contributed by atoms with Crippen LogP contribution in [0.25, 0.3) is 11.4 Å². The molecule has 5 nitrogen and oxygen atoms in total. The van der Waals surface area contributed by atoms with Crippen LogP contribution in [0.1, 0.15) is 36.7 Å². The zero-order valence-electron chi connectivity index (χ0n) is 14.4. The van der Waals surface area contributed by atoms with Crippen LogP contribution in [0, 0.1) is 0 Å². The second-order valence-electron chi connectivity index (χ2n) is 6.90. The topological polar surface area (TPSA) is 60.7 Å². The van der Waals surface area contributed by atoms with Gasteiger partial charge < -0.3 is 0 Å². The third kappa shape index (κ3) is 4.20. The lowest BCUT2D eigenvalue weighted by atomic mass is 9.86. The monoisotopic (exact) mass is 398 g/mol. The van der Waals surface area contributed by atoms with E-state index in [0.29, 0.717) is 11.4 Å². The van der Waals surface area contributed by atoms with Crippen LogP contribution in [0.5, 0.6) is 0 Å². The highest BCUT2D eigenvalue weighted by atomic mass is 79.9. The Bertz CT molecular complexity index is 877. The van der Waals surface area contributed by atoms with Crippen LogP contribution >= 0.6 is 15.9 Å². The zero-order chi connectivity index (χ0) is 18.0. The van der Waals surface area contributed by atoms with E-state index in [9.17, 15) is 4.79 Å². The summed E-state index contributed by atoms with van der Waals surface area (Å²) in [6.45, 7) is 6.50. The molecule has 2 aromatic carbocycles. The average Bonchev–Trinajstić information content (AvgIpc) is 3.03.